The van der Waals surface area contributed by atoms with Gasteiger partial charge in [-0.05, 0) is 37.0 Å². The fourth-order valence-corrected chi connectivity index (χ4v) is 3.90. The van der Waals surface area contributed by atoms with Crippen molar-refractivity contribution in [2.75, 3.05) is 13.1 Å². The number of H-pyrrole nitrogens is 1. The van der Waals surface area contributed by atoms with Crippen LogP contribution in [-0.2, 0) is 6.54 Å². The maximum Gasteiger partial charge on any atom is 0.251 e. The summed E-state index contributed by atoms with van der Waals surface area (Å²) in [4.78, 5) is 19.2. The molecule has 1 amide bonds. The Bertz CT molecular complexity index is 910. The van der Waals surface area contributed by atoms with Gasteiger partial charge >= 0.3 is 0 Å². The van der Waals surface area contributed by atoms with E-state index in [2.05, 4.69) is 56.6 Å². The smallest absolute Gasteiger partial charge is 0.251 e. The zero-order chi connectivity index (χ0) is 19.3. The highest BCUT2D eigenvalue weighted by atomic mass is 16.1. The van der Waals surface area contributed by atoms with Gasteiger partial charge in [-0.2, -0.15) is 5.10 Å². The number of carbonyl (C=O) groups is 1. The van der Waals surface area contributed by atoms with Crippen molar-refractivity contribution >= 4 is 5.91 Å². The molecule has 2 heterocycles. The van der Waals surface area contributed by atoms with Crippen LogP contribution in [0.4, 0.5) is 0 Å². The minimum absolute atomic E-state index is 0.0458. The lowest BCUT2D eigenvalue weighted by Crippen LogP contribution is -2.31. The van der Waals surface area contributed by atoms with Gasteiger partial charge in [0.1, 0.15) is 6.33 Å². The molecule has 0 aliphatic carbocycles. The fourth-order valence-electron chi connectivity index (χ4n) is 3.90. The van der Waals surface area contributed by atoms with Crippen LogP contribution in [-0.4, -0.2) is 45.1 Å². The van der Waals surface area contributed by atoms with Crippen molar-refractivity contribution in [1.29, 1.82) is 0 Å². The highest BCUT2D eigenvalue weighted by molar-refractivity contribution is 5.95. The molecule has 0 spiro atoms. The van der Waals surface area contributed by atoms with Gasteiger partial charge in [-0.25, -0.2) is 4.98 Å². The van der Waals surface area contributed by atoms with E-state index in [1.807, 2.05) is 30.3 Å². The summed E-state index contributed by atoms with van der Waals surface area (Å²) in [6, 6.07) is 18.5. The Kier molecular flexibility index (Phi) is 5.48. The summed E-state index contributed by atoms with van der Waals surface area (Å²) in [6.07, 6.45) is 2.57. The predicted molar refractivity (Wildman–Crippen MR) is 109 cm³/mol. The number of aromatic nitrogens is 3. The zero-order valence-corrected chi connectivity index (χ0v) is 16.0. The molecule has 1 aliphatic rings. The van der Waals surface area contributed by atoms with Crippen LogP contribution >= 0.6 is 0 Å². The number of rotatable bonds is 6. The Labute approximate surface area is 165 Å². The monoisotopic (exact) mass is 375 g/mol. The number of hydrogen-bond acceptors (Lipinski definition) is 4. The largest absolute Gasteiger partial charge is 0.352 e. The van der Waals surface area contributed by atoms with Gasteiger partial charge in [-0.1, -0.05) is 42.5 Å². The van der Waals surface area contributed by atoms with Gasteiger partial charge in [0.25, 0.3) is 5.91 Å². The Balaban J connectivity index is 1.32. The molecule has 0 bridgehead atoms. The average Bonchev–Trinajstić information content (AvgIpc) is 3.38. The number of amides is 1. The molecule has 1 aromatic heterocycles. The lowest BCUT2D eigenvalue weighted by atomic mass is 10.1. The first-order valence-electron chi connectivity index (χ1n) is 9.71. The van der Waals surface area contributed by atoms with Crippen molar-refractivity contribution in [1.82, 2.24) is 25.4 Å². The van der Waals surface area contributed by atoms with Crippen LogP contribution in [0.2, 0.25) is 0 Å². The molecule has 0 radical (unpaired) electrons. The van der Waals surface area contributed by atoms with Crippen molar-refractivity contribution in [2.24, 2.45) is 5.92 Å². The average molecular weight is 375 g/mol. The molecule has 0 saturated carbocycles. The Morgan fingerprint density at radius 1 is 1.21 bits per heavy atom. The van der Waals surface area contributed by atoms with E-state index in [0.29, 0.717) is 29.9 Å². The van der Waals surface area contributed by atoms with E-state index in [9.17, 15) is 4.79 Å². The number of carbonyl (C=O) groups excluding carboxylic acids is 1. The highest BCUT2D eigenvalue weighted by Crippen LogP contribution is 2.24. The van der Waals surface area contributed by atoms with Gasteiger partial charge in [0, 0.05) is 36.8 Å². The maximum absolute atomic E-state index is 12.6. The van der Waals surface area contributed by atoms with Crippen LogP contribution in [0.3, 0.4) is 0 Å². The second-order valence-corrected chi connectivity index (χ2v) is 7.49. The number of nitrogens with one attached hydrogen (secondary N) is 2. The van der Waals surface area contributed by atoms with E-state index in [1.165, 1.54) is 11.9 Å². The van der Waals surface area contributed by atoms with E-state index in [4.69, 9.17) is 0 Å². The highest BCUT2D eigenvalue weighted by Gasteiger charge is 2.29. The Hall–Kier alpha value is -2.99. The number of benzene rings is 2. The molecular weight excluding hydrogens is 350 g/mol. The molecule has 1 aliphatic heterocycles. The number of likely N-dealkylation sites (tertiary alicyclic amines) is 1. The van der Waals surface area contributed by atoms with Crippen molar-refractivity contribution in [3.05, 3.63) is 72.1 Å². The van der Waals surface area contributed by atoms with Gasteiger partial charge in [0.15, 0.2) is 5.82 Å². The van der Waals surface area contributed by atoms with Crippen LogP contribution in [0.15, 0.2) is 60.9 Å². The lowest BCUT2D eigenvalue weighted by molar-refractivity contribution is 0.0947. The third-order valence-corrected chi connectivity index (χ3v) is 5.38. The first kappa shape index (κ1) is 18.4. The second-order valence-electron chi connectivity index (χ2n) is 7.49. The standard InChI is InChI=1S/C22H25N5O/c1-16-10-18(14-27(16)13-17-6-3-2-4-7-17)12-23-22(28)20-9-5-8-19(11-20)21-24-15-25-26-21/h2-9,11,15-16,18H,10,12-14H2,1H3,(H,23,28)(H,24,25,26). The number of aromatic amines is 1. The second kappa shape index (κ2) is 8.35. The summed E-state index contributed by atoms with van der Waals surface area (Å²) in [5.41, 5.74) is 2.83. The summed E-state index contributed by atoms with van der Waals surface area (Å²) in [5, 5.41) is 9.80. The lowest BCUT2D eigenvalue weighted by Gasteiger charge is -2.21. The van der Waals surface area contributed by atoms with Gasteiger partial charge in [0.2, 0.25) is 0 Å². The molecule has 144 valence electrons. The molecule has 6 heteroatoms. The van der Waals surface area contributed by atoms with Crippen molar-refractivity contribution in [2.45, 2.75) is 25.9 Å². The molecule has 1 saturated heterocycles. The third-order valence-electron chi connectivity index (χ3n) is 5.38. The first-order valence-corrected chi connectivity index (χ1v) is 9.71. The Morgan fingerprint density at radius 2 is 2.07 bits per heavy atom. The van der Waals surface area contributed by atoms with Crippen LogP contribution in [0.5, 0.6) is 0 Å². The van der Waals surface area contributed by atoms with Crippen LogP contribution < -0.4 is 5.32 Å². The first-order chi connectivity index (χ1) is 13.7. The number of nitrogens with zero attached hydrogens (tertiary/aromatic N) is 3. The topological polar surface area (TPSA) is 73.9 Å². The minimum atomic E-state index is -0.0458. The molecule has 2 atom stereocenters. The summed E-state index contributed by atoms with van der Waals surface area (Å²) in [7, 11) is 0. The number of hydrogen-bond donors (Lipinski definition) is 2. The van der Waals surface area contributed by atoms with Gasteiger partial charge in [-0.3, -0.25) is 14.8 Å². The normalized spacial score (nSPS) is 19.6. The predicted octanol–water partition coefficient (Wildman–Crippen LogP) is 3.11. The molecule has 1 fully saturated rings. The van der Waals surface area contributed by atoms with E-state index < -0.39 is 0 Å². The van der Waals surface area contributed by atoms with E-state index >= 15 is 0 Å². The van der Waals surface area contributed by atoms with Gasteiger partial charge in [0.05, 0.1) is 0 Å². The van der Waals surface area contributed by atoms with E-state index in [1.54, 1.807) is 0 Å². The summed E-state index contributed by atoms with van der Waals surface area (Å²) < 4.78 is 0. The van der Waals surface area contributed by atoms with Crippen LogP contribution in [0, 0.1) is 5.92 Å². The Morgan fingerprint density at radius 3 is 2.86 bits per heavy atom. The summed E-state index contributed by atoms with van der Waals surface area (Å²) in [6.45, 7) is 4.94. The molecule has 3 aromatic rings. The molecule has 6 nitrogen and oxygen atoms in total. The summed E-state index contributed by atoms with van der Waals surface area (Å²) >= 11 is 0. The van der Waals surface area contributed by atoms with E-state index in [-0.39, 0.29) is 5.91 Å². The van der Waals surface area contributed by atoms with Crippen molar-refractivity contribution in [3.8, 4) is 11.4 Å². The van der Waals surface area contributed by atoms with E-state index in [0.717, 1.165) is 25.1 Å². The molecule has 2 aromatic carbocycles. The zero-order valence-electron chi connectivity index (χ0n) is 16.0. The van der Waals surface area contributed by atoms with Crippen LogP contribution in [0.1, 0.15) is 29.3 Å². The SMILES string of the molecule is CC1CC(CNC(=O)c2cccc(-c3ncn[nH]3)c2)CN1Cc1ccccc1. The molecule has 28 heavy (non-hydrogen) atoms. The van der Waals surface area contributed by atoms with Crippen molar-refractivity contribution in [3.63, 3.8) is 0 Å². The fraction of sp³-hybridized carbons (Fsp3) is 0.318. The molecule has 4 rings (SSSR count). The maximum atomic E-state index is 12.6. The van der Waals surface area contributed by atoms with Crippen molar-refractivity contribution < 1.29 is 4.79 Å². The van der Waals surface area contributed by atoms with Gasteiger partial charge < -0.3 is 5.32 Å². The third kappa shape index (κ3) is 4.28. The molecular formula is C22H25N5O. The van der Waals surface area contributed by atoms with Gasteiger partial charge in [-0.15, -0.1) is 0 Å². The quantitative estimate of drug-likeness (QED) is 0.694. The minimum Gasteiger partial charge on any atom is -0.352 e. The van der Waals surface area contributed by atoms with Crippen LogP contribution in [0.25, 0.3) is 11.4 Å². The molecule has 2 N–H and O–H groups in total. The summed E-state index contributed by atoms with van der Waals surface area (Å²) in [5.74, 6) is 1.09. The molecule has 2 unspecified atom stereocenters.